The van der Waals surface area contributed by atoms with Crippen molar-refractivity contribution in [3.63, 3.8) is 0 Å². The number of carbonyl (C=O) groups is 2. The molecule has 5 nitrogen and oxygen atoms in total. The Hall–Kier alpha value is -2.82. The van der Waals surface area contributed by atoms with Crippen molar-refractivity contribution in [3.05, 3.63) is 59.7 Å². The zero-order valence-electron chi connectivity index (χ0n) is 15.1. The highest BCUT2D eigenvalue weighted by Gasteiger charge is 2.22. The normalized spacial score (nSPS) is 13.7. The number of hydrogen-bond donors (Lipinski definition) is 2. The van der Waals surface area contributed by atoms with Crippen LogP contribution in [0.5, 0.6) is 0 Å². The lowest BCUT2D eigenvalue weighted by atomic mass is 10.1. The summed E-state index contributed by atoms with van der Waals surface area (Å²) < 4.78 is 0. The number of benzene rings is 2. The lowest BCUT2D eigenvalue weighted by molar-refractivity contribution is -0.117. The van der Waals surface area contributed by atoms with E-state index in [0.29, 0.717) is 13.0 Å². The molecule has 2 aromatic carbocycles. The number of nitrogens with zero attached hydrogens (tertiary/aromatic N) is 1. The Balaban J connectivity index is 1.46. The van der Waals surface area contributed by atoms with Crippen LogP contribution in [0.4, 0.5) is 16.2 Å². The molecule has 1 aliphatic heterocycles. The van der Waals surface area contributed by atoms with Gasteiger partial charge >= 0.3 is 6.03 Å². The summed E-state index contributed by atoms with van der Waals surface area (Å²) in [6, 6.07) is 15.7. The van der Waals surface area contributed by atoms with E-state index in [-0.39, 0.29) is 11.9 Å². The maximum absolute atomic E-state index is 12.0. The fourth-order valence-corrected chi connectivity index (χ4v) is 3.25. The summed E-state index contributed by atoms with van der Waals surface area (Å²) in [5.74, 6) is 0.171. The predicted molar refractivity (Wildman–Crippen MR) is 105 cm³/mol. The van der Waals surface area contributed by atoms with Gasteiger partial charge in [-0.05, 0) is 55.5 Å². The molecule has 1 aliphatic rings. The van der Waals surface area contributed by atoms with Gasteiger partial charge in [0.2, 0.25) is 5.91 Å². The van der Waals surface area contributed by atoms with Crippen molar-refractivity contribution in [2.75, 3.05) is 23.3 Å². The predicted octanol–water partition coefficient (Wildman–Crippen LogP) is 3.88. The van der Waals surface area contributed by atoms with E-state index in [0.717, 1.165) is 42.7 Å². The molecule has 0 spiro atoms. The third-order valence-corrected chi connectivity index (χ3v) is 4.59. The number of nitrogens with one attached hydrogen (secondary N) is 2. The van der Waals surface area contributed by atoms with Gasteiger partial charge in [0.05, 0.1) is 0 Å². The highest BCUT2D eigenvalue weighted by Crippen LogP contribution is 2.27. The van der Waals surface area contributed by atoms with E-state index in [1.54, 1.807) is 0 Å². The van der Waals surface area contributed by atoms with Crippen molar-refractivity contribution in [1.82, 2.24) is 5.32 Å². The summed E-state index contributed by atoms with van der Waals surface area (Å²) in [5.41, 5.74) is 3.93. The molecular weight excluding hydrogens is 326 g/mol. The zero-order chi connectivity index (χ0) is 18.4. The van der Waals surface area contributed by atoms with E-state index < -0.39 is 0 Å². The van der Waals surface area contributed by atoms with Crippen LogP contribution < -0.4 is 15.5 Å². The smallest absolute Gasteiger partial charge is 0.319 e. The van der Waals surface area contributed by atoms with E-state index in [9.17, 15) is 9.59 Å². The van der Waals surface area contributed by atoms with Crippen molar-refractivity contribution in [2.45, 2.75) is 32.6 Å². The molecule has 3 amide bonds. The summed E-state index contributed by atoms with van der Waals surface area (Å²) in [4.78, 5) is 25.7. The minimum Gasteiger partial charge on any atom is -0.338 e. The van der Waals surface area contributed by atoms with Crippen LogP contribution in [0, 0.1) is 6.92 Å². The molecule has 0 unspecified atom stereocenters. The number of rotatable bonds is 6. The SMILES string of the molecule is Cc1cc(NC(=O)NCCCc2ccccc2)ccc1N1CCCC1=O. The lowest BCUT2D eigenvalue weighted by Crippen LogP contribution is -2.30. The summed E-state index contributed by atoms with van der Waals surface area (Å²) in [7, 11) is 0. The average Bonchev–Trinajstić information content (AvgIpc) is 3.06. The number of hydrogen-bond acceptors (Lipinski definition) is 2. The van der Waals surface area contributed by atoms with Gasteiger partial charge in [-0.25, -0.2) is 4.79 Å². The summed E-state index contributed by atoms with van der Waals surface area (Å²) in [5, 5.41) is 5.74. The fraction of sp³-hybridized carbons (Fsp3) is 0.333. The molecule has 0 bridgehead atoms. The van der Waals surface area contributed by atoms with Crippen LogP contribution in [0.25, 0.3) is 0 Å². The Bertz CT molecular complexity index is 774. The minimum absolute atomic E-state index is 0.171. The number of amides is 3. The first kappa shape index (κ1) is 18.0. The molecule has 0 radical (unpaired) electrons. The Morgan fingerprint density at radius 2 is 1.96 bits per heavy atom. The van der Waals surface area contributed by atoms with Crippen molar-refractivity contribution in [1.29, 1.82) is 0 Å². The van der Waals surface area contributed by atoms with Gasteiger partial charge in [-0.1, -0.05) is 30.3 Å². The van der Waals surface area contributed by atoms with Gasteiger partial charge in [0.15, 0.2) is 0 Å². The first-order valence-corrected chi connectivity index (χ1v) is 9.13. The molecule has 0 atom stereocenters. The maximum Gasteiger partial charge on any atom is 0.319 e. The summed E-state index contributed by atoms with van der Waals surface area (Å²) in [6.07, 6.45) is 3.36. The van der Waals surface area contributed by atoms with Gasteiger partial charge in [-0.3, -0.25) is 4.79 Å². The van der Waals surface area contributed by atoms with E-state index >= 15 is 0 Å². The zero-order valence-corrected chi connectivity index (χ0v) is 15.1. The lowest BCUT2D eigenvalue weighted by Gasteiger charge is -2.19. The highest BCUT2D eigenvalue weighted by molar-refractivity contribution is 5.96. The summed E-state index contributed by atoms with van der Waals surface area (Å²) >= 11 is 0. The molecule has 2 aromatic rings. The van der Waals surface area contributed by atoms with E-state index in [4.69, 9.17) is 0 Å². The van der Waals surface area contributed by atoms with Gasteiger partial charge in [-0.2, -0.15) is 0 Å². The Morgan fingerprint density at radius 3 is 2.65 bits per heavy atom. The molecule has 136 valence electrons. The molecule has 0 aliphatic carbocycles. The van der Waals surface area contributed by atoms with Gasteiger partial charge in [-0.15, -0.1) is 0 Å². The van der Waals surface area contributed by atoms with Crippen molar-refractivity contribution in [2.24, 2.45) is 0 Å². The summed E-state index contributed by atoms with van der Waals surface area (Å²) in [6.45, 7) is 3.36. The largest absolute Gasteiger partial charge is 0.338 e. The average molecular weight is 351 g/mol. The number of carbonyl (C=O) groups excluding carboxylic acids is 2. The molecule has 1 saturated heterocycles. The van der Waals surface area contributed by atoms with Crippen LogP contribution in [0.2, 0.25) is 0 Å². The van der Waals surface area contributed by atoms with Crippen LogP contribution in [0.3, 0.4) is 0 Å². The standard InChI is InChI=1S/C21H25N3O2/c1-16-15-18(11-12-19(16)24-14-6-10-20(24)25)23-21(26)22-13-5-9-17-7-3-2-4-8-17/h2-4,7-8,11-12,15H,5-6,9-10,13-14H2,1H3,(H2,22,23,26). The van der Waals surface area contributed by atoms with Crippen LogP contribution in [0.1, 0.15) is 30.4 Å². The first-order valence-electron chi connectivity index (χ1n) is 9.13. The molecule has 5 heteroatoms. The van der Waals surface area contributed by atoms with E-state index in [1.165, 1.54) is 5.56 Å². The minimum atomic E-state index is -0.206. The Morgan fingerprint density at radius 1 is 1.15 bits per heavy atom. The molecule has 1 heterocycles. The Kier molecular flexibility index (Phi) is 5.89. The third-order valence-electron chi connectivity index (χ3n) is 4.59. The van der Waals surface area contributed by atoms with Crippen LogP contribution in [-0.2, 0) is 11.2 Å². The van der Waals surface area contributed by atoms with E-state index in [1.807, 2.05) is 48.2 Å². The highest BCUT2D eigenvalue weighted by atomic mass is 16.2. The first-order chi connectivity index (χ1) is 12.6. The maximum atomic E-state index is 12.0. The molecule has 0 aromatic heterocycles. The topological polar surface area (TPSA) is 61.4 Å². The monoisotopic (exact) mass is 351 g/mol. The third kappa shape index (κ3) is 4.63. The van der Waals surface area contributed by atoms with Gasteiger partial charge in [0.25, 0.3) is 0 Å². The second-order valence-electron chi connectivity index (χ2n) is 6.62. The molecule has 2 N–H and O–H groups in total. The molecule has 1 fully saturated rings. The van der Waals surface area contributed by atoms with Gasteiger partial charge in [0.1, 0.15) is 0 Å². The van der Waals surface area contributed by atoms with Gasteiger partial charge in [0, 0.05) is 30.9 Å². The van der Waals surface area contributed by atoms with Crippen LogP contribution in [0.15, 0.2) is 48.5 Å². The molecular formula is C21H25N3O2. The quantitative estimate of drug-likeness (QED) is 0.776. The van der Waals surface area contributed by atoms with Crippen molar-refractivity contribution >= 4 is 23.3 Å². The van der Waals surface area contributed by atoms with Crippen LogP contribution in [-0.4, -0.2) is 25.0 Å². The van der Waals surface area contributed by atoms with Crippen LogP contribution >= 0.6 is 0 Å². The second-order valence-corrected chi connectivity index (χ2v) is 6.62. The molecule has 3 rings (SSSR count). The Labute approximate surface area is 154 Å². The fourth-order valence-electron chi connectivity index (χ4n) is 3.25. The van der Waals surface area contributed by atoms with E-state index in [2.05, 4.69) is 22.8 Å². The number of urea groups is 1. The number of aryl methyl sites for hydroxylation is 2. The van der Waals surface area contributed by atoms with Gasteiger partial charge < -0.3 is 15.5 Å². The molecule has 0 saturated carbocycles. The van der Waals surface area contributed by atoms with Crippen molar-refractivity contribution in [3.8, 4) is 0 Å². The number of anilines is 2. The van der Waals surface area contributed by atoms with Crippen molar-refractivity contribution < 1.29 is 9.59 Å². The molecule has 26 heavy (non-hydrogen) atoms. The second kappa shape index (κ2) is 8.52.